The third-order valence-corrected chi connectivity index (χ3v) is 4.60. The summed E-state index contributed by atoms with van der Waals surface area (Å²) in [4.78, 5) is 16.5. The summed E-state index contributed by atoms with van der Waals surface area (Å²) in [5.41, 5.74) is 2.97. The zero-order valence-corrected chi connectivity index (χ0v) is 14.2. The van der Waals surface area contributed by atoms with Gasteiger partial charge in [-0.05, 0) is 35.2 Å². The second-order valence-electron chi connectivity index (χ2n) is 5.18. The highest BCUT2D eigenvalue weighted by atomic mass is 35.5. The number of hydrogen-bond acceptors (Lipinski definition) is 3. The molecule has 1 N–H and O–H groups in total. The van der Waals surface area contributed by atoms with Gasteiger partial charge >= 0.3 is 0 Å². The van der Waals surface area contributed by atoms with Crippen LogP contribution in [0.4, 0.5) is 4.39 Å². The highest BCUT2D eigenvalue weighted by Gasteiger charge is 2.13. The van der Waals surface area contributed by atoms with E-state index in [-0.39, 0.29) is 22.9 Å². The Morgan fingerprint density at radius 1 is 1.25 bits per heavy atom. The van der Waals surface area contributed by atoms with Gasteiger partial charge in [-0.15, -0.1) is 0 Å². The zero-order valence-electron chi connectivity index (χ0n) is 12.6. The Bertz CT molecular complexity index is 832. The van der Waals surface area contributed by atoms with Gasteiger partial charge in [0, 0.05) is 34.3 Å². The molecule has 1 aromatic carbocycles. The molecule has 3 nitrogen and oxygen atoms in total. The lowest BCUT2D eigenvalue weighted by molar-refractivity contribution is -0.120. The maximum atomic E-state index is 13.8. The van der Waals surface area contributed by atoms with Crippen LogP contribution in [0.1, 0.15) is 11.1 Å². The molecule has 122 valence electrons. The number of carbonyl (C=O) groups excluding carboxylic acids is 1. The molecule has 6 heteroatoms. The Morgan fingerprint density at radius 2 is 2.12 bits per heavy atom. The van der Waals surface area contributed by atoms with E-state index in [1.54, 1.807) is 23.6 Å². The van der Waals surface area contributed by atoms with Crippen LogP contribution in [0.2, 0.25) is 5.02 Å². The first-order valence-electron chi connectivity index (χ1n) is 7.31. The highest BCUT2D eigenvalue weighted by Crippen LogP contribution is 2.23. The lowest BCUT2D eigenvalue weighted by Crippen LogP contribution is -2.25. The minimum absolute atomic E-state index is 0.0977. The lowest BCUT2D eigenvalue weighted by atomic mass is 10.1. The van der Waals surface area contributed by atoms with E-state index in [1.807, 2.05) is 29.0 Å². The summed E-state index contributed by atoms with van der Waals surface area (Å²) < 4.78 is 13.8. The molecular weight excluding hydrogens is 347 g/mol. The van der Waals surface area contributed by atoms with E-state index in [1.165, 1.54) is 12.1 Å². The van der Waals surface area contributed by atoms with Crippen LogP contribution in [0.3, 0.4) is 0 Å². The van der Waals surface area contributed by atoms with E-state index in [4.69, 9.17) is 11.6 Å². The molecule has 0 unspecified atom stereocenters. The molecule has 0 atom stereocenters. The number of nitrogens with zero attached hydrogens (tertiary/aromatic N) is 1. The summed E-state index contributed by atoms with van der Waals surface area (Å²) in [6.07, 6.45) is 1.62. The Morgan fingerprint density at radius 3 is 2.88 bits per heavy atom. The van der Waals surface area contributed by atoms with Crippen LogP contribution in [-0.2, 0) is 17.8 Å². The molecule has 0 aliphatic heterocycles. The van der Waals surface area contributed by atoms with Crippen LogP contribution < -0.4 is 5.32 Å². The van der Waals surface area contributed by atoms with Crippen LogP contribution >= 0.6 is 22.9 Å². The molecule has 2 aromatic heterocycles. The summed E-state index contributed by atoms with van der Waals surface area (Å²) in [7, 11) is 0. The van der Waals surface area contributed by atoms with Gasteiger partial charge in [-0.3, -0.25) is 9.78 Å². The normalized spacial score (nSPS) is 10.6. The number of pyridine rings is 1. The molecule has 0 spiro atoms. The summed E-state index contributed by atoms with van der Waals surface area (Å²) >= 11 is 7.54. The first-order valence-corrected chi connectivity index (χ1v) is 8.63. The summed E-state index contributed by atoms with van der Waals surface area (Å²) in [5.74, 6) is -0.764. The maximum Gasteiger partial charge on any atom is 0.224 e. The predicted octanol–water partition coefficient (Wildman–Crippen LogP) is 4.46. The average molecular weight is 361 g/mol. The van der Waals surface area contributed by atoms with E-state index >= 15 is 0 Å². The van der Waals surface area contributed by atoms with E-state index in [9.17, 15) is 9.18 Å². The number of rotatable bonds is 5. The highest BCUT2D eigenvalue weighted by molar-refractivity contribution is 7.08. The van der Waals surface area contributed by atoms with Crippen molar-refractivity contribution in [3.05, 3.63) is 75.3 Å². The Kier molecular flexibility index (Phi) is 5.23. The SMILES string of the molecule is O=C(Cc1c(F)cccc1Cl)NCc1cccnc1-c1ccsc1. The van der Waals surface area contributed by atoms with Crippen molar-refractivity contribution in [2.75, 3.05) is 0 Å². The van der Waals surface area contributed by atoms with Gasteiger partial charge in [0.05, 0.1) is 12.1 Å². The Balaban J connectivity index is 1.69. The lowest BCUT2D eigenvalue weighted by Gasteiger charge is -2.10. The van der Waals surface area contributed by atoms with Crippen molar-refractivity contribution in [2.45, 2.75) is 13.0 Å². The van der Waals surface area contributed by atoms with Crippen molar-refractivity contribution in [1.82, 2.24) is 10.3 Å². The molecule has 0 aliphatic rings. The van der Waals surface area contributed by atoms with Gasteiger partial charge in [-0.2, -0.15) is 11.3 Å². The molecule has 3 aromatic rings. The van der Waals surface area contributed by atoms with Gasteiger partial charge in [0.2, 0.25) is 5.91 Å². The van der Waals surface area contributed by atoms with E-state index in [0.717, 1.165) is 16.8 Å². The molecule has 0 saturated heterocycles. The molecular formula is C18H14ClFN2OS. The fourth-order valence-corrected chi connectivity index (χ4v) is 3.23. The molecule has 24 heavy (non-hydrogen) atoms. The summed E-state index contributed by atoms with van der Waals surface area (Å²) in [5, 5.41) is 7.04. The van der Waals surface area contributed by atoms with Crippen LogP contribution in [0.25, 0.3) is 11.3 Å². The smallest absolute Gasteiger partial charge is 0.224 e. The quantitative estimate of drug-likeness (QED) is 0.729. The minimum Gasteiger partial charge on any atom is -0.352 e. The number of thiophene rings is 1. The van der Waals surface area contributed by atoms with Crippen molar-refractivity contribution in [3.8, 4) is 11.3 Å². The van der Waals surface area contributed by atoms with Gasteiger partial charge < -0.3 is 5.32 Å². The Labute approximate surface area is 148 Å². The Hall–Kier alpha value is -2.24. The zero-order chi connectivity index (χ0) is 16.9. The van der Waals surface area contributed by atoms with Crippen LogP contribution in [0.5, 0.6) is 0 Å². The fraction of sp³-hybridized carbons (Fsp3) is 0.111. The standard InChI is InChI=1S/C18H14ClFN2OS/c19-15-4-1-5-16(20)14(15)9-17(23)22-10-12-3-2-7-21-18(12)13-6-8-24-11-13/h1-8,11H,9-10H2,(H,22,23). The first kappa shape index (κ1) is 16.6. The molecule has 1 amide bonds. The molecule has 0 bridgehead atoms. The molecule has 0 radical (unpaired) electrons. The molecule has 2 heterocycles. The van der Waals surface area contributed by atoms with Gasteiger partial charge in [-0.25, -0.2) is 4.39 Å². The third kappa shape index (κ3) is 3.80. The third-order valence-electron chi connectivity index (χ3n) is 3.56. The maximum absolute atomic E-state index is 13.8. The van der Waals surface area contributed by atoms with Crippen LogP contribution in [0.15, 0.2) is 53.4 Å². The molecule has 0 fully saturated rings. The van der Waals surface area contributed by atoms with Crippen molar-refractivity contribution >= 4 is 28.8 Å². The minimum atomic E-state index is -0.474. The van der Waals surface area contributed by atoms with Gasteiger partial charge in [0.25, 0.3) is 0 Å². The fourth-order valence-electron chi connectivity index (χ4n) is 2.36. The first-order chi connectivity index (χ1) is 11.6. The van der Waals surface area contributed by atoms with Crippen LogP contribution in [0, 0.1) is 5.82 Å². The van der Waals surface area contributed by atoms with Crippen molar-refractivity contribution in [2.24, 2.45) is 0 Å². The monoisotopic (exact) mass is 360 g/mol. The molecule has 0 saturated carbocycles. The van der Waals surface area contributed by atoms with Crippen molar-refractivity contribution < 1.29 is 9.18 Å². The van der Waals surface area contributed by atoms with Gasteiger partial charge in [-0.1, -0.05) is 23.7 Å². The molecule has 3 rings (SSSR count). The second kappa shape index (κ2) is 7.55. The summed E-state index contributed by atoms with van der Waals surface area (Å²) in [6.45, 7) is 0.323. The predicted molar refractivity (Wildman–Crippen MR) is 94.5 cm³/mol. The number of amides is 1. The van der Waals surface area contributed by atoms with Crippen molar-refractivity contribution in [3.63, 3.8) is 0 Å². The second-order valence-corrected chi connectivity index (χ2v) is 6.36. The number of nitrogens with one attached hydrogen (secondary N) is 1. The molecule has 0 aliphatic carbocycles. The number of carbonyl (C=O) groups is 1. The average Bonchev–Trinajstić information content (AvgIpc) is 3.11. The topological polar surface area (TPSA) is 42.0 Å². The number of halogens is 2. The van der Waals surface area contributed by atoms with E-state index < -0.39 is 5.82 Å². The van der Waals surface area contributed by atoms with E-state index in [2.05, 4.69) is 10.3 Å². The van der Waals surface area contributed by atoms with Crippen molar-refractivity contribution in [1.29, 1.82) is 0 Å². The number of aromatic nitrogens is 1. The van der Waals surface area contributed by atoms with Gasteiger partial charge in [0.15, 0.2) is 0 Å². The largest absolute Gasteiger partial charge is 0.352 e. The van der Waals surface area contributed by atoms with E-state index in [0.29, 0.717) is 6.54 Å². The number of hydrogen-bond donors (Lipinski definition) is 1. The van der Waals surface area contributed by atoms with Gasteiger partial charge in [0.1, 0.15) is 5.82 Å². The van der Waals surface area contributed by atoms with Crippen LogP contribution in [-0.4, -0.2) is 10.9 Å². The number of benzene rings is 1. The summed E-state index contributed by atoms with van der Waals surface area (Å²) in [6, 6.07) is 10.1.